The number of halogens is 1. The molecule has 2 aromatic heterocycles. The van der Waals surface area contributed by atoms with E-state index in [0.29, 0.717) is 6.42 Å². The highest BCUT2D eigenvalue weighted by Gasteiger charge is 2.16. The highest BCUT2D eigenvalue weighted by molar-refractivity contribution is 9.10. The van der Waals surface area contributed by atoms with E-state index in [1.807, 2.05) is 37.3 Å². The van der Waals surface area contributed by atoms with Crippen molar-refractivity contribution in [1.29, 1.82) is 0 Å². The van der Waals surface area contributed by atoms with Gasteiger partial charge in [-0.25, -0.2) is 0 Å². The van der Waals surface area contributed by atoms with E-state index >= 15 is 0 Å². The van der Waals surface area contributed by atoms with Crippen molar-refractivity contribution >= 4 is 15.9 Å². The maximum Gasteiger partial charge on any atom is 0.0738 e. The van der Waals surface area contributed by atoms with E-state index in [-0.39, 0.29) is 6.10 Å². The van der Waals surface area contributed by atoms with Gasteiger partial charge in [0, 0.05) is 26.2 Å². The summed E-state index contributed by atoms with van der Waals surface area (Å²) < 4.78 is 4.74. The maximum absolute atomic E-state index is 10.3. The summed E-state index contributed by atoms with van der Waals surface area (Å²) in [6.45, 7) is 6.06. The summed E-state index contributed by atoms with van der Waals surface area (Å²) in [5.41, 5.74) is 5.48. The zero-order chi connectivity index (χ0) is 15.7. The van der Waals surface area contributed by atoms with Crippen LogP contribution in [0.2, 0.25) is 0 Å². The van der Waals surface area contributed by atoms with E-state index in [0.717, 1.165) is 34.4 Å². The molecule has 0 fully saturated rings. The van der Waals surface area contributed by atoms with Crippen LogP contribution in [0.3, 0.4) is 0 Å². The molecule has 21 heavy (non-hydrogen) atoms. The third-order valence-corrected chi connectivity index (χ3v) is 5.11. The van der Waals surface area contributed by atoms with Crippen molar-refractivity contribution in [2.45, 2.75) is 46.1 Å². The molecule has 2 heterocycles. The predicted octanol–water partition coefficient (Wildman–Crippen LogP) is 2.38. The highest BCUT2D eigenvalue weighted by atomic mass is 79.9. The Labute approximate surface area is 134 Å². The Morgan fingerprint density at radius 1 is 1.10 bits per heavy atom. The number of aromatic nitrogens is 4. The van der Waals surface area contributed by atoms with Gasteiger partial charge in [0.15, 0.2) is 0 Å². The lowest BCUT2D eigenvalue weighted by atomic mass is 10.0. The minimum Gasteiger partial charge on any atom is -0.393 e. The van der Waals surface area contributed by atoms with Crippen molar-refractivity contribution in [2.24, 2.45) is 14.1 Å². The normalized spacial score (nSPS) is 12.9. The van der Waals surface area contributed by atoms with Gasteiger partial charge in [0.2, 0.25) is 0 Å². The van der Waals surface area contributed by atoms with Gasteiger partial charge in [-0.15, -0.1) is 0 Å². The number of rotatable bonds is 5. The van der Waals surface area contributed by atoms with E-state index in [9.17, 15) is 5.11 Å². The molecule has 0 amide bonds. The molecule has 0 spiro atoms. The van der Waals surface area contributed by atoms with Crippen molar-refractivity contribution in [2.75, 3.05) is 0 Å². The van der Waals surface area contributed by atoms with Crippen LogP contribution in [0.1, 0.15) is 34.8 Å². The van der Waals surface area contributed by atoms with Crippen molar-refractivity contribution in [3.05, 3.63) is 32.8 Å². The molecular weight excluding hydrogens is 332 g/mol. The van der Waals surface area contributed by atoms with Crippen LogP contribution in [0.15, 0.2) is 4.47 Å². The number of aliphatic hydroxyl groups is 1. The molecule has 0 saturated heterocycles. The molecule has 2 aromatic rings. The lowest BCUT2D eigenvalue weighted by molar-refractivity contribution is 0.162. The molecule has 116 valence electrons. The van der Waals surface area contributed by atoms with Crippen LogP contribution >= 0.6 is 15.9 Å². The van der Waals surface area contributed by atoms with Gasteiger partial charge in [0.1, 0.15) is 0 Å². The molecule has 0 bridgehead atoms. The first-order valence-corrected chi connectivity index (χ1v) is 7.95. The Morgan fingerprint density at radius 3 is 2.19 bits per heavy atom. The van der Waals surface area contributed by atoms with E-state index < -0.39 is 0 Å². The largest absolute Gasteiger partial charge is 0.393 e. The maximum atomic E-state index is 10.3. The molecular formula is C15H23BrN4O. The molecule has 0 saturated carbocycles. The lowest BCUT2D eigenvalue weighted by Gasteiger charge is -2.11. The Kier molecular flexibility index (Phi) is 4.88. The molecule has 0 aliphatic heterocycles. The van der Waals surface area contributed by atoms with Gasteiger partial charge in [-0.1, -0.05) is 0 Å². The molecule has 1 N–H and O–H groups in total. The number of hydrogen-bond donors (Lipinski definition) is 1. The highest BCUT2D eigenvalue weighted by Crippen LogP contribution is 2.23. The third-order valence-electron chi connectivity index (χ3n) is 4.08. The second-order valence-electron chi connectivity index (χ2n) is 5.64. The number of hydrogen-bond acceptors (Lipinski definition) is 3. The van der Waals surface area contributed by atoms with E-state index in [4.69, 9.17) is 0 Å². The van der Waals surface area contributed by atoms with Gasteiger partial charge < -0.3 is 5.11 Å². The molecule has 0 aliphatic rings. The summed E-state index contributed by atoms with van der Waals surface area (Å²) in [5.74, 6) is 0. The summed E-state index contributed by atoms with van der Waals surface area (Å²) in [6, 6.07) is 0. The molecule has 0 radical (unpaired) electrons. The summed E-state index contributed by atoms with van der Waals surface area (Å²) in [5, 5.41) is 19.1. The SMILES string of the molecule is Cc1nn(C)c(CC(O)CCc2c(C)nn(C)c2C)c1Br. The minimum atomic E-state index is -0.380. The first kappa shape index (κ1) is 16.2. The van der Waals surface area contributed by atoms with Gasteiger partial charge in [-0.05, 0) is 55.1 Å². The van der Waals surface area contributed by atoms with Crippen LogP contribution in [-0.2, 0) is 26.9 Å². The Balaban J connectivity index is 2.01. The lowest BCUT2D eigenvalue weighted by Crippen LogP contribution is -2.15. The smallest absolute Gasteiger partial charge is 0.0738 e. The average molecular weight is 355 g/mol. The average Bonchev–Trinajstić information content (AvgIpc) is 2.79. The van der Waals surface area contributed by atoms with Crippen LogP contribution in [-0.4, -0.2) is 30.8 Å². The Morgan fingerprint density at radius 2 is 1.71 bits per heavy atom. The molecule has 1 unspecified atom stereocenters. The third kappa shape index (κ3) is 3.37. The zero-order valence-electron chi connectivity index (χ0n) is 13.3. The van der Waals surface area contributed by atoms with Crippen molar-refractivity contribution in [3.8, 4) is 0 Å². The molecule has 5 nitrogen and oxygen atoms in total. The van der Waals surface area contributed by atoms with Gasteiger partial charge >= 0.3 is 0 Å². The number of aliphatic hydroxyl groups excluding tert-OH is 1. The zero-order valence-corrected chi connectivity index (χ0v) is 14.9. The van der Waals surface area contributed by atoms with Crippen LogP contribution in [0, 0.1) is 20.8 Å². The molecule has 6 heteroatoms. The Bertz CT molecular complexity index is 645. The second kappa shape index (κ2) is 6.32. The monoisotopic (exact) mass is 354 g/mol. The second-order valence-corrected chi connectivity index (χ2v) is 6.43. The van der Waals surface area contributed by atoms with Crippen molar-refractivity contribution < 1.29 is 5.11 Å². The quantitative estimate of drug-likeness (QED) is 0.896. The fraction of sp³-hybridized carbons (Fsp3) is 0.600. The van der Waals surface area contributed by atoms with Crippen molar-refractivity contribution in [3.63, 3.8) is 0 Å². The molecule has 0 aromatic carbocycles. The van der Waals surface area contributed by atoms with Crippen LogP contribution in [0.4, 0.5) is 0 Å². The van der Waals surface area contributed by atoms with Gasteiger partial charge in [0.25, 0.3) is 0 Å². The predicted molar refractivity (Wildman–Crippen MR) is 86.4 cm³/mol. The fourth-order valence-electron chi connectivity index (χ4n) is 2.72. The van der Waals surface area contributed by atoms with Crippen LogP contribution < -0.4 is 0 Å². The van der Waals surface area contributed by atoms with Gasteiger partial charge in [-0.3, -0.25) is 9.36 Å². The number of nitrogens with zero attached hydrogens (tertiary/aromatic N) is 4. The first-order chi connectivity index (χ1) is 9.81. The molecule has 1 atom stereocenters. The fourth-order valence-corrected chi connectivity index (χ4v) is 3.22. The van der Waals surface area contributed by atoms with Gasteiger partial charge in [-0.2, -0.15) is 10.2 Å². The number of aryl methyl sites for hydroxylation is 4. The van der Waals surface area contributed by atoms with E-state index in [1.54, 1.807) is 0 Å². The van der Waals surface area contributed by atoms with Gasteiger partial charge in [0.05, 0.1) is 27.7 Å². The van der Waals surface area contributed by atoms with Crippen LogP contribution in [0.5, 0.6) is 0 Å². The van der Waals surface area contributed by atoms with Crippen molar-refractivity contribution in [1.82, 2.24) is 19.6 Å². The standard InChI is InChI=1S/C15H23BrN4O/c1-9-13(11(3)19(4)17-9)7-6-12(21)8-14-15(16)10(2)18-20(14)5/h12,21H,6-8H2,1-5H3. The van der Waals surface area contributed by atoms with E-state index in [1.165, 1.54) is 11.3 Å². The van der Waals surface area contributed by atoms with E-state index in [2.05, 4.69) is 33.1 Å². The summed E-state index contributed by atoms with van der Waals surface area (Å²) >= 11 is 3.54. The molecule has 2 rings (SSSR count). The first-order valence-electron chi connectivity index (χ1n) is 7.16. The summed E-state index contributed by atoms with van der Waals surface area (Å²) in [7, 11) is 3.87. The summed E-state index contributed by atoms with van der Waals surface area (Å²) in [4.78, 5) is 0. The van der Waals surface area contributed by atoms with Crippen LogP contribution in [0.25, 0.3) is 0 Å². The minimum absolute atomic E-state index is 0.380. The summed E-state index contributed by atoms with van der Waals surface area (Å²) in [6.07, 6.45) is 1.80. The topological polar surface area (TPSA) is 55.9 Å². The Hall–Kier alpha value is -1.14. The molecule has 0 aliphatic carbocycles.